The average Bonchev–Trinajstić information content (AvgIpc) is 2.82. The van der Waals surface area contributed by atoms with Gasteiger partial charge in [-0.2, -0.15) is 13.2 Å². The van der Waals surface area contributed by atoms with Gasteiger partial charge >= 0.3 is 6.18 Å². The summed E-state index contributed by atoms with van der Waals surface area (Å²) in [6.07, 6.45) is -3.50. The Kier molecular flexibility index (Phi) is 4.87. The largest absolute Gasteiger partial charge is 0.466 e. The minimum atomic E-state index is -4.52. The number of amides is 1. The average molecular weight is 328 g/mol. The first-order chi connectivity index (χ1) is 10.8. The highest BCUT2D eigenvalue weighted by Crippen LogP contribution is 2.27. The highest BCUT2D eigenvalue weighted by atomic mass is 19.4. The number of aryl methyl sites for hydroxylation is 2. The van der Waals surface area contributed by atoms with Crippen molar-refractivity contribution in [1.29, 1.82) is 0 Å². The second kappa shape index (κ2) is 6.67. The molecule has 2 heterocycles. The lowest BCUT2D eigenvalue weighted by Gasteiger charge is -2.09. The molecule has 0 unspecified atom stereocenters. The first kappa shape index (κ1) is 16.8. The van der Waals surface area contributed by atoms with Crippen molar-refractivity contribution < 1.29 is 22.4 Å². The number of aromatic nitrogens is 2. The van der Waals surface area contributed by atoms with Crippen LogP contribution < -0.4 is 10.6 Å². The van der Waals surface area contributed by atoms with Crippen LogP contribution in [0.25, 0.3) is 0 Å². The van der Waals surface area contributed by atoms with Gasteiger partial charge in [-0.25, -0.2) is 9.97 Å². The smallest absolute Gasteiger partial charge is 0.433 e. The number of carbonyl (C=O) groups excluding carboxylic acids is 1. The summed E-state index contributed by atoms with van der Waals surface area (Å²) in [4.78, 5) is 19.0. The number of carbonyl (C=O) groups is 1. The molecule has 6 nitrogen and oxygen atoms in total. The van der Waals surface area contributed by atoms with Gasteiger partial charge in [0.25, 0.3) is 5.91 Å². The summed E-state index contributed by atoms with van der Waals surface area (Å²) in [5.74, 6) is 0.674. The first-order valence-electron chi connectivity index (χ1n) is 6.76. The zero-order valence-electron chi connectivity index (χ0n) is 12.5. The third kappa shape index (κ3) is 4.44. The summed E-state index contributed by atoms with van der Waals surface area (Å²) >= 11 is 0. The van der Waals surface area contributed by atoms with Gasteiger partial charge in [-0.3, -0.25) is 4.79 Å². The molecule has 0 aliphatic carbocycles. The Morgan fingerprint density at radius 2 is 2.04 bits per heavy atom. The minimum absolute atomic E-state index is 0.149. The van der Waals surface area contributed by atoms with E-state index in [2.05, 4.69) is 20.6 Å². The molecule has 2 aromatic rings. The molecule has 0 saturated carbocycles. The van der Waals surface area contributed by atoms with Crippen molar-refractivity contribution in [3.8, 4) is 0 Å². The molecular formula is C14H15F3N4O2. The van der Waals surface area contributed by atoms with Crippen molar-refractivity contribution in [3.63, 3.8) is 0 Å². The molecule has 23 heavy (non-hydrogen) atoms. The molecular weight excluding hydrogens is 313 g/mol. The van der Waals surface area contributed by atoms with E-state index in [1.165, 1.54) is 0 Å². The number of halogens is 3. The lowest BCUT2D eigenvalue weighted by Crippen LogP contribution is -2.29. The Labute approximate surface area is 130 Å². The summed E-state index contributed by atoms with van der Waals surface area (Å²) in [6, 6.07) is 2.41. The maximum atomic E-state index is 12.5. The predicted molar refractivity (Wildman–Crippen MR) is 76.0 cm³/mol. The van der Waals surface area contributed by atoms with E-state index < -0.39 is 11.9 Å². The van der Waals surface area contributed by atoms with Crippen molar-refractivity contribution in [2.45, 2.75) is 20.0 Å². The van der Waals surface area contributed by atoms with Crippen LogP contribution >= 0.6 is 0 Å². The maximum absolute atomic E-state index is 12.5. The van der Waals surface area contributed by atoms with E-state index >= 15 is 0 Å². The van der Waals surface area contributed by atoms with Crippen LogP contribution in [-0.2, 0) is 6.18 Å². The molecule has 0 aliphatic heterocycles. The van der Waals surface area contributed by atoms with Crippen LogP contribution in [0.3, 0.4) is 0 Å². The van der Waals surface area contributed by atoms with Gasteiger partial charge in [-0.05, 0) is 26.0 Å². The molecule has 0 aliphatic rings. The van der Waals surface area contributed by atoms with Crippen LogP contribution in [0.1, 0.15) is 27.6 Å². The normalized spacial score (nSPS) is 11.3. The van der Waals surface area contributed by atoms with Gasteiger partial charge in [0.05, 0.1) is 5.56 Å². The van der Waals surface area contributed by atoms with Gasteiger partial charge in [-0.15, -0.1) is 0 Å². The molecule has 1 amide bonds. The summed E-state index contributed by atoms with van der Waals surface area (Å²) in [7, 11) is 0. The number of anilines is 1. The molecule has 0 aromatic carbocycles. The lowest BCUT2D eigenvalue weighted by atomic mass is 10.2. The van der Waals surface area contributed by atoms with E-state index in [9.17, 15) is 18.0 Å². The molecule has 0 saturated heterocycles. The standard InChI is InChI=1S/C14H15F3N4O2/c1-8-7-10(9(2)23-8)12(22)18-5-6-20-13-19-4-3-11(21-13)14(15,16)17/h3-4,7H,5-6H2,1-2H3,(H,18,22)(H,19,20,21). The van der Waals surface area contributed by atoms with Gasteiger partial charge in [0.1, 0.15) is 17.2 Å². The third-order valence-corrected chi connectivity index (χ3v) is 2.93. The monoisotopic (exact) mass is 328 g/mol. The number of alkyl halides is 3. The zero-order valence-corrected chi connectivity index (χ0v) is 12.5. The molecule has 0 atom stereocenters. The van der Waals surface area contributed by atoms with E-state index in [-0.39, 0.29) is 24.9 Å². The number of hydrogen-bond donors (Lipinski definition) is 2. The maximum Gasteiger partial charge on any atom is 0.433 e. The Balaban J connectivity index is 1.84. The third-order valence-electron chi connectivity index (χ3n) is 2.93. The molecule has 2 rings (SSSR count). The molecule has 0 spiro atoms. The summed E-state index contributed by atoms with van der Waals surface area (Å²) in [5.41, 5.74) is -0.596. The quantitative estimate of drug-likeness (QED) is 0.825. The van der Waals surface area contributed by atoms with Crippen LogP contribution in [0.5, 0.6) is 0 Å². The van der Waals surface area contributed by atoms with E-state index in [0.717, 1.165) is 12.3 Å². The van der Waals surface area contributed by atoms with Crippen molar-refractivity contribution in [1.82, 2.24) is 15.3 Å². The Bertz CT molecular complexity index is 698. The number of rotatable bonds is 5. The SMILES string of the molecule is Cc1cc(C(=O)NCCNc2nccc(C(F)(F)F)n2)c(C)o1. The van der Waals surface area contributed by atoms with Gasteiger partial charge in [-0.1, -0.05) is 0 Å². The van der Waals surface area contributed by atoms with E-state index in [0.29, 0.717) is 17.1 Å². The first-order valence-corrected chi connectivity index (χ1v) is 6.76. The minimum Gasteiger partial charge on any atom is -0.466 e. The van der Waals surface area contributed by atoms with Crippen molar-refractivity contribution >= 4 is 11.9 Å². The fourth-order valence-electron chi connectivity index (χ4n) is 1.90. The van der Waals surface area contributed by atoms with Crippen LogP contribution in [0.2, 0.25) is 0 Å². The molecule has 2 N–H and O–H groups in total. The van der Waals surface area contributed by atoms with Crippen molar-refractivity contribution in [2.24, 2.45) is 0 Å². The van der Waals surface area contributed by atoms with Crippen LogP contribution in [0.15, 0.2) is 22.7 Å². The molecule has 0 bridgehead atoms. The van der Waals surface area contributed by atoms with Crippen LogP contribution in [-0.4, -0.2) is 29.0 Å². The summed E-state index contributed by atoms with van der Waals surface area (Å²) in [6.45, 7) is 3.79. The van der Waals surface area contributed by atoms with Crippen LogP contribution in [0.4, 0.5) is 19.1 Å². The predicted octanol–water partition coefficient (Wildman–Crippen LogP) is 2.55. The highest BCUT2D eigenvalue weighted by molar-refractivity contribution is 5.95. The lowest BCUT2D eigenvalue weighted by molar-refractivity contribution is -0.141. The number of furan rings is 1. The second-order valence-corrected chi connectivity index (χ2v) is 4.77. The van der Waals surface area contributed by atoms with Crippen LogP contribution in [0, 0.1) is 13.8 Å². The molecule has 9 heteroatoms. The topological polar surface area (TPSA) is 80.0 Å². The zero-order chi connectivity index (χ0) is 17.0. The van der Waals surface area contributed by atoms with Gasteiger partial charge < -0.3 is 15.1 Å². The van der Waals surface area contributed by atoms with Gasteiger partial charge in [0.15, 0.2) is 0 Å². The summed E-state index contributed by atoms with van der Waals surface area (Å²) in [5, 5.41) is 5.25. The van der Waals surface area contributed by atoms with Gasteiger partial charge in [0, 0.05) is 19.3 Å². The fraction of sp³-hybridized carbons (Fsp3) is 0.357. The van der Waals surface area contributed by atoms with E-state index in [1.807, 2.05) is 0 Å². The Hall–Kier alpha value is -2.58. The second-order valence-electron chi connectivity index (χ2n) is 4.77. The molecule has 2 aromatic heterocycles. The molecule has 0 fully saturated rings. The van der Waals surface area contributed by atoms with E-state index in [1.54, 1.807) is 19.9 Å². The molecule has 124 valence electrons. The molecule has 0 radical (unpaired) electrons. The Morgan fingerprint density at radius 3 is 2.65 bits per heavy atom. The highest BCUT2D eigenvalue weighted by Gasteiger charge is 2.32. The van der Waals surface area contributed by atoms with Gasteiger partial charge in [0.2, 0.25) is 5.95 Å². The van der Waals surface area contributed by atoms with E-state index in [4.69, 9.17) is 4.42 Å². The number of hydrogen-bond acceptors (Lipinski definition) is 5. The number of nitrogens with one attached hydrogen (secondary N) is 2. The Morgan fingerprint density at radius 1 is 1.30 bits per heavy atom. The fourth-order valence-corrected chi connectivity index (χ4v) is 1.90. The van der Waals surface area contributed by atoms with Crippen molar-refractivity contribution in [2.75, 3.05) is 18.4 Å². The summed E-state index contributed by atoms with van der Waals surface area (Å²) < 4.78 is 42.8. The number of nitrogens with zero attached hydrogens (tertiary/aromatic N) is 2. The van der Waals surface area contributed by atoms with Crippen molar-refractivity contribution in [3.05, 3.63) is 41.1 Å².